The Morgan fingerprint density at radius 2 is 1.92 bits per heavy atom. The minimum atomic E-state index is -0.392. The molecule has 0 radical (unpaired) electrons. The number of carbonyl (C=O) groups is 2. The summed E-state index contributed by atoms with van der Waals surface area (Å²) in [6.45, 7) is 0. The summed E-state index contributed by atoms with van der Waals surface area (Å²) in [6.07, 6.45) is 2.51. The maximum Gasteiger partial charge on any atom is 0.286 e. The number of thiazole rings is 1. The summed E-state index contributed by atoms with van der Waals surface area (Å²) < 4.78 is 0. The van der Waals surface area contributed by atoms with Crippen LogP contribution in [0.3, 0.4) is 0 Å². The second-order valence-corrected chi connectivity index (χ2v) is 6.10. The number of hydrazine groups is 1. The Labute approximate surface area is 142 Å². The lowest BCUT2D eigenvalue weighted by atomic mass is 10.2. The molecule has 2 aromatic heterocycles. The summed E-state index contributed by atoms with van der Waals surface area (Å²) in [5.41, 5.74) is 7.00. The van der Waals surface area contributed by atoms with Crippen molar-refractivity contribution in [3.63, 3.8) is 0 Å². The van der Waals surface area contributed by atoms with Gasteiger partial charge in [-0.25, -0.2) is 4.98 Å². The fourth-order valence-corrected chi connectivity index (χ4v) is 2.98. The Kier molecular flexibility index (Phi) is 5.02. The number of aromatic amines is 1. The van der Waals surface area contributed by atoms with Gasteiger partial charge >= 0.3 is 0 Å². The molecule has 1 aromatic carbocycles. The van der Waals surface area contributed by atoms with Crippen LogP contribution in [-0.2, 0) is 17.6 Å². The molecule has 0 aliphatic carbocycles. The Morgan fingerprint density at radius 1 is 1.08 bits per heavy atom. The molecular formula is C17H16N4O2S. The third kappa shape index (κ3) is 4.30. The summed E-state index contributed by atoms with van der Waals surface area (Å²) in [6, 6.07) is 13.4. The standard InChI is InChI=1S/C17H16N4O2S/c22-15(20-21-17(23)14-7-4-8-18-14)10-13-11-24-16(19-13)9-12-5-2-1-3-6-12/h1-8,11,18H,9-10H2,(H,20,22)(H,21,23). The number of nitrogens with zero attached hydrogens (tertiary/aromatic N) is 1. The van der Waals surface area contributed by atoms with E-state index in [2.05, 4.69) is 20.8 Å². The summed E-state index contributed by atoms with van der Waals surface area (Å²) >= 11 is 1.53. The number of benzene rings is 1. The number of carbonyl (C=O) groups excluding carboxylic acids is 2. The molecule has 122 valence electrons. The highest BCUT2D eigenvalue weighted by atomic mass is 32.1. The first kappa shape index (κ1) is 15.9. The SMILES string of the molecule is O=C(Cc1csc(Cc2ccccc2)n1)NNC(=O)c1ccc[nH]1. The van der Waals surface area contributed by atoms with E-state index in [1.807, 2.05) is 35.7 Å². The van der Waals surface area contributed by atoms with Crippen LogP contribution >= 0.6 is 11.3 Å². The molecule has 0 atom stereocenters. The number of hydrogen-bond donors (Lipinski definition) is 3. The van der Waals surface area contributed by atoms with Crippen molar-refractivity contribution >= 4 is 23.2 Å². The number of aromatic nitrogens is 2. The molecular weight excluding hydrogens is 324 g/mol. The molecule has 0 spiro atoms. The van der Waals surface area contributed by atoms with Gasteiger partial charge in [0.05, 0.1) is 17.1 Å². The van der Waals surface area contributed by atoms with Crippen molar-refractivity contribution in [2.75, 3.05) is 0 Å². The van der Waals surface area contributed by atoms with Crippen molar-refractivity contribution in [3.8, 4) is 0 Å². The van der Waals surface area contributed by atoms with E-state index in [1.54, 1.807) is 18.3 Å². The zero-order chi connectivity index (χ0) is 16.8. The van der Waals surface area contributed by atoms with E-state index in [1.165, 1.54) is 16.9 Å². The third-order valence-electron chi connectivity index (χ3n) is 3.30. The molecule has 0 bridgehead atoms. The molecule has 2 amide bonds. The van der Waals surface area contributed by atoms with E-state index in [0.717, 1.165) is 11.4 Å². The Morgan fingerprint density at radius 3 is 2.67 bits per heavy atom. The molecule has 7 heteroatoms. The van der Waals surface area contributed by atoms with Crippen molar-refractivity contribution in [1.29, 1.82) is 0 Å². The van der Waals surface area contributed by atoms with E-state index in [-0.39, 0.29) is 12.3 Å². The average Bonchev–Trinajstić information content (AvgIpc) is 3.26. The van der Waals surface area contributed by atoms with Crippen molar-refractivity contribution in [3.05, 3.63) is 76.0 Å². The first-order valence-corrected chi connectivity index (χ1v) is 8.28. The molecule has 3 rings (SSSR count). The molecule has 0 saturated heterocycles. The van der Waals surface area contributed by atoms with Crippen LogP contribution in [0, 0.1) is 0 Å². The van der Waals surface area contributed by atoms with Crippen LogP contribution in [0.25, 0.3) is 0 Å². The van der Waals surface area contributed by atoms with Gasteiger partial charge in [0.25, 0.3) is 5.91 Å². The van der Waals surface area contributed by atoms with Gasteiger partial charge in [-0.3, -0.25) is 20.4 Å². The van der Waals surface area contributed by atoms with Gasteiger partial charge in [0.2, 0.25) is 5.91 Å². The van der Waals surface area contributed by atoms with Crippen LogP contribution in [0.1, 0.15) is 26.8 Å². The van der Waals surface area contributed by atoms with Crippen molar-refractivity contribution < 1.29 is 9.59 Å². The van der Waals surface area contributed by atoms with E-state index in [9.17, 15) is 9.59 Å². The van der Waals surface area contributed by atoms with Gasteiger partial charge in [0.1, 0.15) is 5.69 Å². The highest BCUT2D eigenvalue weighted by Gasteiger charge is 2.10. The first-order chi connectivity index (χ1) is 11.7. The molecule has 6 nitrogen and oxygen atoms in total. The zero-order valence-electron chi connectivity index (χ0n) is 12.8. The van der Waals surface area contributed by atoms with Crippen LogP contribution in [0.4, 0.5) is 0 Å². The molecule has 0 aliphatic heterocycles. The molecule has 24 heavy (non-hydrogen) atoms. The maximum atomic E-state index is 11.9. The van der Waals surface area contributed by atoms with Crippen LogP contribution in [0.2, 0.25) is 0 Å². The van der Waals surface area contributed by atoms with E-state index in [4.69, 9.17) is 0 Å². The molecule has 0 aliphatic rings. The summed E-state index contributed by atoms with van der Waals surface area (Å²) in [5.74, 6) is -0.706. The fourth-order valence-electron chi connectivity index (χ4n) is 2.16. The molecule has 0 unspecified atom stereocenters. The van der Waals surface area contributed by atoms with Gasteiger partial charge in [0, 0.05) is 18.0 Å². The predicted octanol–water partition coefficient (Wildman–Crippen LogP) is 2.07. The van der Waals surface area contributed by atoms with Gasteiger partial charge in [0.15, 0.2) is 0 Å². The molecule has 0 fully saturated rings. The van der Waals surface area contributed by atoms with Crippen LogP contribution in [0.15, 0.2) is 54.0 Å². The monoisotopic (exact) mass is 340 g/mol. The minimum Gasteiger partial charge on any atom is -0.357 e. The minimum absolute atomic E-state index is 0.121. The zero-order valence-corrected chi connectivity index (χ0v) is 13.6. The number of hydrogen-bond acceptors (Lipinski definition) is 4. The van der Waals surface area contributed by atoms with Gasteiger partial charge in [-0.1, -0.05) is 30.3 Å². The van der Waals surface area contributed by atoms with E-state index in [0.29, 0.717) is 11.4 Å². The van der Waals surface area contributed by atoms with Crippen molar-refractivity contribution in [2.45, 2.75) is 12.8 Å². The number of nitrogens with one attached hydrogen (secondary N) is 3. The molecule has 3 aromatic rings. The molecule has 2 heterocycles. The normalized spacial score (nSPS) is 10.3. The number of rotatable bonds is 5. The smallest absolute Gasteiger partial charge is 0.286 e. The largest absolute Gasteiger partial charge is 0.357 e. The second kappa shape index (κ2) is 7.56. The lowest BCUT2D eigenvalue weighted by molar-refractivity contribution is -0.121. The lowest BCUT2D eigenvalue weighted by Gasteiger charge is -2.05. The van der Waals surface area contributed by atoms with Gasteiger partial charge in [-0.15, -0.1) is 11.3 Å². The number of H-pyrrole nitrogens is 1. The molecule has 3 N–H and O–H groups in total. The van der Waals surface area contributed by atoms with Gasteiger partial charge in [-0.2, -0.15) is 0 Å². The Hall–Kier alpha value is -2.93. The predicted molar refractivity (Wildman–Crippen MR) is 91.5 cm³/mol. The number of amides is 2. The summed E-state index contributed by atoms with van der Waals surface area (Å²) in [4.78, 5) is 30.8. The second-order valence-electron chi connectivity index (χ2n) is 5.16. The van der Waals surface area contributed by atoms with E-state index < -0.39 is 5.91 Å². The Bertz CT molecular complexity index is 812. The lowest BCUT2D eigenvalue weighted by Crippen LogP contribution is -2.42. The van der Waals surface area contributed by atoms with Gasteiger partial charge < -0.3 is 4.98 Å². The quantitative estimate of drug-likeness (QED) is 0.621. The van der Waals surface area contributed by atoms with Crippen molar-refractivity contribution in [2.24, 2.45) is 0 Å². The topological polar surface area (TPSA) is 86.9 Å². The van der Waals surface area contributed by atoms with Crippen LogP contribution < -0.4 is 10.9 Å². The van der Waals surface area contributed by atoms with Gasteiger partial charge in [-0.05, 0) is 17.7 Å². The van der Waals surface area contributed by atoms with Crippen LogP contribution in [0.5, 0.6) is 0 Å². The summed E-state index contributed by atoms with van der Waals surface area (Å²) in [7, 11) is 0. The van der Waals surface area contributed by atoms with Crippen molar-refractivity contribution in [1.82, 2.24) is 20.8 Å². The first-order valence-electron chi connectivity index (χ1n) is 7.40. The third-order valence-corrected chi connectivity index (χ3v) is 4.19. The van der Waals surface area contributed by atoms with E-state index >= 15 is 0 Å². The maximum absolute atomic E-state index is 11.9. The fraction of sp³-hybridized carbons (Fsp3) is 0.118. The van der Waals surface area contributed by atoms with Crippen LogP contribution in [-0.4, -0.2) is 21.8 Å². The Balaban J connectivity index is 1.49. The highest BCUT2D eigenvalue weighted by molar-refractivity contribution is 7.09. The summed E-state index contributed by atoms with van der Waals surface area (Å²) in [5, 5.41) is 2.82. The average molecular weight is 340 g/mol. The highest BCUT2D eigenvalue weighted by Crippen LogP contribution is 2.15. The molecule has 0 saturated carbocycles.